The van der Waals surface area contributed by atoms with Gasteiger partial charge in [-0.2, -0.15) is 0 Å². The van der Waals surface area contributed by atoms with Crippen molar-refractivity contribution < 1.29 is 9.21 Å². The van der Waals surface area contributed by atoms with Gasteiger partial charge in [0.2, 0.25) is 5.91 Å². The second kappa shape index (κ2) is 10.0. The highest BCUT2D eigenvalue weighted by molar-refractivity contribution is 7.99. The van der Waals surface area contributed by atoms with Crippen LogP contribution in [0.15, 0.2) is 64.0 Å². The number of rotatable bonds is 8. The summed E-state index contributed by atoms with van der Waals surface area (Å²) in [5, 5.41) is 9.56. The number of carbonyl (C=O) groups excluding carboxylic acids is 1. The molecule has 0 aliphatic heterocycles. The second-order valence-corrected chi connectivity index (χ2v) is 8.65. The summed E-state index contributed by atoms with van der Waals surface area (Å²) in [5.41, 5.74) is 3.33. The third-order valence-electron chi connectivity index (χ3n) is 5.44. The number of hydrogen-bond acceptors (Lipinski definition) is 5. The van der Waals surface area contributed by atoms with Gasteiger partial charge in [-0.1, -0.05) is 41.6 Å². The summed E-state index contributed by atoms with van der Waals surface area (Å²) in [6.07, 6.45) is 8.10. The Morgan fingerprint density at radius 2 is 2.13 bits per heavy atom. The van der Waals surface area contributed by atoms with E-state index in [1.165, 1.54) is 23.7 Å². The van der Waals surface area contributed by atoms with E-state index < -0.39 is 0 Å². The SMILES string of the molecule is CCn1c(SCC(=O)N(Cc2ccco2)C2=CCCCC2)nnc1-c1cccc(C)c1. The highest BCUT2D eigenvalue weighted by Crippen LogP contribution is 2.27. The predicted octanol–water partition coefficient (Wildman–Crippen LogP) is 5.45. The molecular weight excluding hydrogens is 408 g/mol. The molecule has 1 aliphatic rings. The fraction of sp³-hybridized carbons (Fsp3) is 0.375. The van der Waals surface area contributed by atoms with E-state index in [1.54, 1.807) is 6.26 Å². The van der Waals surface area contributed by atoms with Crippen molar-refractivity contribution in [1.82, 2.24) is 19.7 Å². The molecule has 0 saturated heterocycles. The van der Waals surface area contributed by atoms with Crippen molar-refractivity contribution in [2.45, 2.75) is 57.8 Å². The number of aryl methyl sites for hydroxylation is 1. The average Bonchev–Trinajstić information content (AvgIpc) is 3.46. The standard InChI is InChI=1S/C24H28N4O2S/c1-3-27-23(19-10-7-9-18(2)15-19)25-26-24(27)31-17-22(29)28(16-21-13-8-14-30-21)20-11-5-4-6-12-20/h7-11,13-15H,3-6,12,16-17H2,1-2H3. The van der Waals surface area contributed by atoms with E-state index in [-0.39, 0.29) is 5.91 Å². The molecule has 4 rings (SSSR count). The van der Waals surface area contributed by atoms with E-state index in [0.717, 1.165) is 53.8 Å². The fourth-order valence-electron chi connectivity index (χ4n) is 3.86. The lowest BCUT2D eigenvalue weighted by molar-refractivity contribution is -0.127. The van der Waals surface area contributed by atoms with Gasteiger partial charge in [0.05, 0.1) is 18.6 Å². The third kappa shape index (κ3) is 5.10. The minimum atomic E-state index is 0.0670. The molecular formula is C24H28N4O2S. The van der Waals surface area contributed by atoms with E-state index in [4.69, 9.17) is 4.42 Å². The molecule has 0 spiro atoms. The molecule has 6 nitrogen and oxygen atoms in total. The maximum absolute atomic E-state index is 13.2. The van der Waals surface area contributed by atoms with Gasteiger partial charge in [-0.25, -0.2) is 0 Å². The molecule has 1 aromatic carbocycles. The van der Waals surface area contributed by atoms with E-state index in [0.29, 0.717) is 12.3 Å². The van der Waals surface area contributed by atoms with E-state index in [1.807, 2.05) is 29.2 Å². The zero-order valence-corrected chi connectivity index (χ0v) is 18.9. The molecule has 31 heavy (non-hydrogen) atoms. The Balaban J connectivity index is 1.50. The molecule has 0 saturated carbocycles. The van der Waals surface area contributed by atoms with Gasteiger partial charge in [-0.15, -0.1) is 10.2 Å². The molecule has 2 aromatic heterocycles. The molecule has 0 radical (unpaired) electrons. The second-order valence-electron chi connectivity index (χ2n) is 7.71. The first kappa shape index (κ1) is 21.4. The molecule has 2 heterocycles. The number of aromatic nitrogens is 3. The first-order chi connectivity index (χ1) is 15.2. The number of furan rings is 1. The Labute approximate surface area is 187 Å². The smallest absolute Gasteiger partial charge is 0.237 e. The van der Waals surface area contributed by atoms with Crippen LogP contribution in [-0.4, -0.2) is 31.3 Å². The minimum absolute atomic E-state index is 0.0670. The van der Waals surface area contributed by atoms with Gasteiger partial charge in [0, 0.05) is 17.8 Å². The van der Waals surface area contributed by atoms with Crippen LogP contribution < -0.4 is 0 Å². The molecule has 0 N–H and O–H groups in total. The summed E-state index contributed by atoms with van der Waals surface area (Å²) in [6, 6.07) is 12.0. The van der Waals surface area contributed by atoms with Crippen molar-refractivity contribution in [3.05, 3.63) is 65.8 Å². The molecule has 0 fully saturated rings. The van der Waals surface area contributed by atoms with E-state index in [2.05, 4.69) is 46.8 Å². The molecule has 0 unspecified atom stereocenters. The molecule has 162 valence electrons. The zero-order chi connectivity index (χ0) is 21.6. The normalized spacial score (nSPS) is 13.8. The summed E-state index contributed by atoms with van der Waals surface area (Å²) < 4.78 is 7.58. The Morgan fingerprint density at radius 3 is 2.84 bits per heavy atom. The summed E-state index contributed by atoms with van der Waals surface area (Å²) in [6.45, 7) is 5.35. The minimum Gasteiger partial charge on any atom is -0.467 e. The van der Waals surface area contributed by atoms with E-state index >= 15 is 0 Å². The monoisotopic (exact) mass is 436 g/mol. The van der Waals surface area contributed by atoms with Crippen LogP contribution in [0.3, 0.4) is 0 Å². The molecule has 0 bridgehead atoms. The molecule has 1 amide bonds. The van der Waals surface area contributed by atoms with E-state index in [9.17, 15) is 4.79 Å². The van der Waals surface area contributed by atoms with Gasteiger partial charge in [-0.3, -0.25) is 4.79 Å². The van der Waals surface area contributed by atoms with Crippen LogP contribution in [0.5, 0.6) is 0 Å². The number of allylic oxidation sites excluding steroid dienone is 2. The first-order valence-electron chi connectivity index (χ1n) is 10.8. The lowest BCUT2D eigenvalue weighted by Crippen LogP contribution is -2.32. The average molecular weight is 437 g/mol. The lowest BCUT2D eigenvalue weighted by atomic mass is 10.0. The predicted molar refractivity (Wildman–Crippen MR) is 122 cm³/mol. The largest absolute Gasteiger partial charge is 0.467 e. The molecule has 1 aliphatic carbocycles. The number of nitrogens with zero attached hydrogens (tertiary/aromatic N) is 4. The molecule has 7 heteroatoms. The van der Waals surface area contributed by atoms with Crippen LogP contribution in [0.2, 0.25) is 0 Å². The fourth-order valence-corrected chi connectivity index (χ4v) is 4.74. The van der Waals surface area contributed by atoms with Crippen molar-refractivity contribution >= 4 is 17.7 Å². The Bertz CT molecular complexity index is 1060. The van der Waals surface area contributed by atoms with Crippen LogP contribution in [0.25, 0.3) is 11.4 Å². The maximum Gasteiger partial charge on any atom is 0.237 e. The topological polar surface area (TPSA) is 64.2 Å². The van der Waals surface area contributed by atoms with Crippen molar-refractivity contribution in [2.24, 2.45) is 0 Å². The van der Waals surface area contributed by atoms with Gasteiger partial charge < -0.3 is 13.9 Å². The Morgan fingerprint density at radius 1 is 1.23 bits per heavy atom. The van der Waals surface area contributed by atoms with Gasteiger partial charge in [0.25, 0.3) is 0 Å². The van der Waals surface area contributed by atoms with Gasteiger partial charge in [-0.05, 0) is 57.7 Å². The van der Waals surface area contributed by atoms with Gasteiger partial charge >= 0.3 is 0 Å². The van der Waals surface area contributed by atoms with Crippen LogP contribution >= 0.6 is 11.8 Å². The summed E-state index contributed by atoms with van der Waals surface area (Å²) in [4.78, 5) is 15.1. The lowest BCUT2D eigenvalue weighted by Gasteiger charge is -2.27. The molecule has 3 aromatic rings. The summed E-state index contributed by atoms with van der Waals surface area (Å²) >= 11 is 1.44. The van der Waals surface area contributed by atoms with Crippen LogP contribution in [0.4, 0.5) is 0 Å². The van der Waals surface area contributed by atoms with Crippen molar-refractivity contribution in [3.63, 3.8) is 0 Å². The highest BCUT2D eigenvalue weighted by Gasteiger charge is 2.22. The third-order valence-corrected chi connectivity index (χ3v) is 6.39. The number of hydrogen-bond donors (Lipinski definition) is 0. The zero-order valence-electron chi connectivity index (χ0n) is 18.1. The number of carbonyl (C=O) groups is 1. The number of amides is 1. The van der Waals surface area contributed by atoms with Gasteiger partial charge in [0.1, 0.15) is 5.76 Å². The number of benzene rings is 1. The number of thioether (sulfide) groups is 1. The van der Waals surface area contributed by atoms with Crippen LogP contribution in [0.1, 0.15) is 43.9 Å². The summed E-state index contributed by atoms with van der Waals surface area (Å²) in [5.74, 6) is 2.01. The van der Waals surface area contributed by atoms with Crippen LogP contribution in [0, 0.1) is 6.92 Å². The van der Waals surface area contributed by atoms with Gasteiger partial charge in [0.15, 0.2) is 11.0 Å². The quantitative estimate of drug-likeness (QED) is 0.440. The molecule has 0 atom stereocenters. The maximum atomic E-state index is 13.2. The van der Waals surface area contributed by atoms with Crippen molar-refractivity contribution in [1.29, 1.82) is 0 Å². The Kier molecular flexibility index (Phi) is 6.92. The highest BCUT2D eigenvalue weighted by atomic mass is 32.2. The van der Waals surface area contributed by atoms with Crippen LogP contribution in [-0.2, 0) is 17.9 Å². The van der Waals surface area contributed by atoms with Crippen molar-refractivity contribution in [2.75, 3.05) is 5.75 Å². The summed E-state index contributed by atoms with van der Waals surface area (Å²) in [7, 11) is 0. The Hall–Kier alpha value is -2.80. The van der Waals surface area contributed by atoms with Crippen molar-refractivity contribution in [3.8, 4) is 11.4 Å². The first-order valence-corrected chi connectivity index (χ1v) is 11.8.